The van der Waals surface area contributed by atoms with Crippen LogP contribution in [0, 0.1) is 22.2 Å². The minimum atomic E-state index is -0.374. The van der Waals surface area contributed by atoms with Gasteiger partial charge in [0.05, 0.1) is 0 Å². The van der Waals surface area contributed by atoms with Crippen LogP contribution in [0.2, 0.25) is 0 Å². The molecule has 86 valence electrons. The van der Waals surface area contributed by atoms with Gasteiger partial charge in [-0.3, -0.25) is 0 Å². The summed E-state index contributed by atoms with van der Waals surface area (Å²) in [5, 5.41) is 0. The van der Waals surface area contributed by atoms with Gasteiger partial charge in [0.25, 0.3) is 0 Å². The zero-order valence-electron chi connectivity index (χ0n) is 9.28. The Hall–Kier alpha value is -0.990. The molecule has 4 saturated carbocycles. The lowest BCUT2D eigenvalue weighted by Gasteiger charge is -2.62. The summed E-state index contributed by atoms with van der Waals surface area (Å²) in [4.78, 5) is 34.0. The second kappa shape index (κ2) is 2.82. The normalized spacial score (nSPS) is 53.6. The number of carbonyl (C=O) groups excluding carboxylic acids is 3. The molecule has 3 heteroatoms. The fourth-order valence-electron chi connectivity index (χ4n) is 5.06. The van der Waals surface area contributed by atoms with E-state index >= 15 is 0 Å². The fourth-order valence-corrected chi connectivity index (χ4v) is 5.06. The molecule has 3 nitrogen and oxygen atoms in total. The van der Waals surface area contributed by atoms with E-state index in [9.17, 15) is 14.4 Å². The highest BCUT2D eigenvalue weighted by Gasteiger charge is 2.63. The van der Waals surface area contributed by atoms with Gasteiger partial charge in [0.1, 0.15) is 18.9 Å². The molecule has 0 unspecified atom stereocenters. The molecule has 0 amide bonds. The van der Waals surface area contributed by atoms with Crippen molar-refractivity contribution in [3.05, 3.63) is 0 Å². The Kier molecular flexibility index (Phi) is 1.79. The zero-order chi connectivity index (χ0) is 11.4. The van der Waals surface area contributed by atoms with Gasteiger partial charge in [0.15, 0.2) is 0 Å². The molecule has 0 N–H and O–H groups in total. The molecule has 0 aromatic carbocycles. The lowest BCUT2D eigenvalue weighted by molar-refractivity contribution is -0.169. The Morgan fingerprint density at radius 3 is 1.25 bits per heavy atom. The van der Waals surface area contributed by atoms with Gasteiger partial charge in [-0.2, -0.15) is 0 Å². The van der Waals surface area contributed by atoms with Gasteiger partial charge in [0.2, 0.25) is 0 Å². The highest BCUT2D eigenvalue weighted by Crippen LogP contribution is 2.67. The van der Waals surface area contributed by atoms with Gasteiger partial charge in [-0.15, -0.1) is 0 Å². The van der Waals surface area contributed by atoms with E-state index in [4.69, 9.17) is 0 Å². The van der Waals surface area contributed by atoms with E-state index in [1.54, 1.807) is 0 Å². The minimum Gasteiger partial charge on any atom is -0.303 e. The van der Waals surface area contributed by atoms with Gasteiger partial charge in [-0.25, -0.2) is 0 Å². The summed E-state index contributed by atoms with van der Waals surface area (Å²) >= 11 is 0. The Balaban J connectivity index is 2.09. The molecule has 0 atom stereocenters. The molecule has 4 aliphatic carbocycles. The Bertz CT molecular complexity index is 308. The molecule has 4 bridgehead atoms. The maximum absolute atomic E-state index is 11.3. The van der Waals surface area contributed by atoms with Crippen molar-refractivity contribution in [1.82, 2.24) is 0 Å². The monoisotopic (exact) mass is 220 g/mol. The first-order chi connectivity index (χ1) is 7.59. The van der Waals surface area contributed by atoms with E-state index in [0.29, 0.717) is 25.2 Å². The summed E-state index contributed by atoms with van der Waals surface area (Å²) in [6, 6.07) is 0. The molecule has 16 heavy (non-hydrogen) atoms. The summed E-state index contributed by atoms with van der Waals surface area (Å²) < 4.78 is 0. The van der Waals surface area contributed by atoms with Crippen LogP contribution >= 0.6 is 0 Å². The summed E-state index contributed by atoms with van der Waals surface area (Å²) in [6.07, 6.45) is 7.78. The smallest absolute Gasteiger partial charge is 0.126 e. The number of hydrogen-bond donors (Lipinski definition) is 0. The fraction of sp³-hybridized carbons (Fsp3) is 0.769. The van der Waals surface area contributed by atoms with Crippen LogP contribution in [0.4, 0.5) is 0 Å². The molecule has 0 spiro atoms. The summed E-state index contributed by atoms with van der Waals surface area (Å²) in [6.45, 7) is 0. The van der Waals surface area contributed by atoms with Crippen LogP contribution in [-0.4, -0.2) is 18.9 Å². The topological polar surface area (TPSA) is 51.2 Å². The number of carbonyl (C=O) groups is 3. The molecule has 0 aromatic rings. The number of rotatable bonds is 3. The minimum absolute atomic E-state index is 0.374. The van der Waals surface area contributed by atoms with Gasteiger partial charge < -0.3 is 14.4 Å². The Labute approximate surface area is 94.6 Å². The molecule has 4 aliphatic rings. The molecule has 0 heterocycles. The quantitative estimate of drug-likeness (QED) is 0.678. The van der Waals surface area contributed by atoms with E-state index in [2.05, 4.69) is 0 Å². The van der Waals surface area contributed by atoms with Crippen molar-refractivity contribution in [3.63, 3.8) is 0 Å². The molecule has 4 fully saturated rings. The third-order valence-electron chi connectivity index (χ3n) is 4.95. The van der Waals surface area contributed by atoms with E-state index < -0.39 is 0 Å². The first kappa shape index (κ1) is 10.2. The van der Waals surface area contributed by atoms with Crippen molar-refractivity contribution in [2.45, 2.75) is 38.5 Å². The predicted octanol–water partition coefficient (Wildman–Crippen LogP) is 1.54. The Morgan fingerprint density at radius 1 is 0.688 bits per heavy atom. The van der Waals surface area contributed by atoms with Crippen molar-refractivity contribution >= 4 is 18.9 Å². The first-order valence-electron chi connectivity index (χ1n) is 5.98. The van der Waals surface area contributed by atoms with E-state index in [1.165, 1.54) is 0 Å². The number of aldehydes is 3. The average Bonchev–Trinajstić information content (AvgIpc) is 2.28. The third-order valence-corrected chi connectivity index (χ3v) is 4.95. The summed E-state index contributed by atoms with van der Waals surface area (Å²) in [5.41, 5.74) is -1.12. The second-order valence-corrected chi connectivity index (χ2v) is 6.45. The van der Waals surface area contributed by atoms with Crippen LogP contribution in [0.25, 0.3) is 0 Å². The lowest BCUT2D eigenvalue weighted by atomic mass is 9.40. The molecular weight excluding hydrogens is 204 g/mol. The molecule has 4 rings (SSSR count). The SMILES string of the molecule is O=CC12CC3CC(C=O)(C1)CC(C=O)(C3)C2. The Morgan fingerprint density at radius 2 is 1.00 bits per heavy atom. The van der Waals surface area contributed by atoms with Crippen LogP contribution in [0.3, 0.4) is 0 Å². The molecule has 0 aromatic heterocycles. The largest absolute Gasteiger partial charge is 0.303 e. The van der Waals surface area contributed by atoms with Crippen LogP contribution in [0.15, 0.2) is 0 Å². The lowest BCUT2D eigenvalue weighted by Crippen LogP contribution is -2.58. The van der Waals surface area contributed by atoms with Gasteiger partial charge in [0, 0.05) is 16.2 Å². The maximum atomic E-state index is 11.3. The van der Waals surface area contributed by atoms with Crippen molar-refractivity contribution in [3.8, 4) is 0 Å². The molecular formula is C13H16O3. The van der Waals surface area contributed by atoms with Crippen LogP contribution in [0.1, 0.15) is 38.5 Å². The van der Waals surface area contributed by atoms with Gasteiger partial charge in [-0.1, -0.05) is 0 Å². The second-order valence-electron chi connectivity index (χ2n) is 6.45. The number of hydrogen-bond acceptors (Lipinski definition) is 3. The van der Waals surface area contributed by atoms with Crippen LogP contribution in [-0.2, 0) is 14.4 Å². The standard InChI is InChI=1S/C13H16O3/c14-7-11-1-10-2-12(4-11,8-15)6-13(3-10,5-11)9-16/h7-10H,1-6H2. The maximum Gasteiger partial charge on any atom is 0.126 e. The molecule has 0 radical (unpaired) electrons. The van der Waals surface area contributed by atoms with E-state index in [0.717, 1.165) is 38.1 Å². The average molecular weight is 220 g/mol. The van der Waals surface area contributed by atoms with Crippen molar-refractivity contribution < 1.29 is 14.4 Å². The van der Waals surface area contributed by atoms with Crippen molar-refractivity contribution in [1.29, 1.82) is 0 Å². The third kappa shape index (κ3) is 1.12. The van der Waals surface area contributed by atoms with E-state index in [-0.39, 0.29) is 16.2 Å². The van der Waals surface area contributed by atoms with E-state index in [1.807, 2.05) is 0 Å². The summed E-state index contributed by atoms with van der Waals surface area (Å²) in [5.74, 6) is 0.400. The van der Waals surface area contributed by atoms with Crippen molar-refractivity contribution in [2.75, 3.05) is 0 Å². The highest BCUT2D eigenvalue weighted by atomic mass is 16.1. The predicted molar refractivity (Wildman–Crippen MR) is 56.7 cm³/mol. The van der Waals surface area contributed by atoms with Crippen LogP contribution in [0.5, 0.6) is 0 Å². The molecule has 0 saturated heterocycles. The van der Waals surface area contributed by atoms with Gasteiger partial charge in [-0.05, 0) is 44.4 Å². The highest BCUT2D eigenvalue weighted by molar-refractivity contribution is 5.73. The van der Waals surface area contributed by atoms with Crippen molar-refractivity contribution in [2.24, 2.45) is 22.2 Å². The molecule has 0 aliphatic heterocycles. The van der Waals surface area contributed by atoms with Crippen LogP contribution < -0.4 is 0 Å². The van der Waals surface area contributed by atoms with Gasteiger partial charge >= 0.3 is 0 Å². The first-order valence-corrected chi connectivity index (χ1v) is 5.98. The zero-order valence-corrected chi connectivity index (χ0v) is 9.28. The summed E-state index contributed by atoms with van der Waals surface area (Å²) in [7, 11) is 0.